The van der Waals surface area contributed by atoms with Crippen molar-refractivity contribution >= 4 is 17.0 Å². The second kappa shape index (κ2) is 7.13. The number of rotatable bonds is 4. The molecular weight excluding hydrogens is 334 g/mol. The zero-order chi connectivity index (χ0) is 17.9. The minimum Gasteiger partial charge on any atom is -0.470 e. The topological polar surface area (TPSA) is 86.5 Å². The van der Waals surface area contributed by atoms with Gasteiger partial charge in [0.1, 0.15) is 11.6 Å². The predicted molar refractivity (Wildman–Crippen MR) is 94.1 cm³/mol. The van der Waals surface area contributed by atoms with Crippen LogP contribution in [0.5, 0.6) is 5.88 Å². The molecule has 7 heteroatoms. The van der Waals surface area contributed by atoms with Gasteiger partial charge in [0, 0.05) is 31.4 Å². The number of hydrogen-bond acceptors (Lipinski definition) is 6. The van der Waals surface area contributed by atoms with Gasteiger partial charge in [0.2, 0.25) is 5.88 Å². The lowest BCUT2D eigenvalue weighted by atomic mass is 10.0. The van der Waals surface area contributed by atoms with Gasteiger partial charge in [0.25, 0.3) is 5.91 Å². The smallest absolute Gasteiger partial charge is 0.251 e. The number of nitrogens with zero attached hydrogens (tertiary/aromatic N) is 2. The van der Waals surface area contributed by atoms with Gasteiger partial charge in [-0.2, -0.15) is 0 Å². The Morgan fingerprint density at radius 3 is 3.08 bits per heavy atom. The first-order chi connectivity index (χ1) is 12.7. The highest BCUT2D eigenvalue weighted by Crippen LogP contribution is 2.19. The zero-order valence-corrected chi connectivity index (χ0v) is 14.3. The van der Waals surface area contributed by atoms with Gasteiger partial charge < -0.3 is 19.2 Å². The Bertz CT molecular complexity index is 910. The SMILES string of the molecule is Cc1nc2ccc(C(=O)NC3CCOCC3Oc3ccccn3)cc2o1. The van der Waals surface area contributed by atoms with E-state index in [-0.39, 0.29) is 18.1 Å². The number of benzene rings is 1. The molecule has 3 aromatic rings. The number of hydrogen-bond donors (Lipinski definition) is 1. The highest BCUT2D eigenvalue weighted by atomic mass is 16.5. The third-order valence-corrected chi connectivity index (χ3v) is 4.29. The number of carbonyl (C=O) groups excluding carboxylic acids is 1. The first-order valence-corrected chi connectivity index (χ1v) is 8.52. The molecule has 1 aromatic carbocycles. The third-order valence-electron chi connectivity index (χ3n) is 4.29. The summed E-state index contributed by atoms with van der Waals surface area (Å²) in [6.07, 6.45) is 2.05. The van der Waals surface area contributed by atoms with Crippen molar-refractivity contribution in [1.29, 1.82) is 0 Å². The van der Waals surface area contributed by atoms with E-state index in [1.165, 1.54) is 0 Å². The van der Waals surface area contributed by atoms with Gasteiger partial charge in [-0.05, 0) is 30.7 Å². The molecule has 0 bridgehead atoms. The molecule has 3 heterocycles. The van der Waals surface area contributed by atoms with Crippen molar-refractivity contribution < 1.29 is 18.7 Å². The molecule has 0 spiro atoms. The Morgan fingerprint density at radius 2 is 2.23 bits per heavy atom. The lowest BCUT2D eigenvalue weighted by Gasteiger charge is -2.32. The number of fused-ring (bicyclic) bond motifs is 1. The molecule has 2 unspecified atom stereocenters. The van der Waals surface area contributed by atoms with Crippen molar-refractivity contribution in [3.05, 3.63) is 54.0 Å². The highest BCUT2D eigenvalue weighted by Gasteiger charge is 2.29. The molecule has 1 aliphatic rings. The van der Waals surface area contributed by atoms with E-state index in [0.29, 0.717) is 42.6 Å². The maximum atomic E-state index is 12.7. The molecule has 1 saturated heterocycles. The molecule has 2 atom stereocenters. The summed E-state index contributed by atoms with van der Waals surface area (Å²) in [6.45, 7) is 2.76. The van der Waals surface area contributed by atoms with Crippen LogP contribution in [0.4, 0.5) is 0 Å². The average Bonchev–Trinajstić information content (AvgIpc) is 3.03. The Kier molecular flexibility index (Phi) is 4.53. The van der Waals surface area contributed by atoms with Crippen molar-refractivity contribution in [2.45, 2.75) is 25.5 Å². The van der Waals surface area contributed by atoms with Crippen LogP contribution >= 0.6 is 0 Å². The third kappa shape index (κ3) is 3.52. The second-order valence-electron chi connectivity index (χ2n) is 6.18. The molecule has 0 saturated carbocycles. The molecule has 4 rings (SSSR count). The van der Waals surface area contributed by atoms with E-state index < -0.39 is 0 Å². The van der Waals surface area contributed by atoms with Crippen LogP contribution in [0.3, 0.4) is 0 Å². The molecule has 1 N–H and O–H groups in total. The van der Waals surface area contributed by atoms with Crippen LogP contribution in [-0.4, -0.2) is 41.2 Å². The van der Waals surface area contributed by atoms with E-state index in [9.17, 15) is 4.79 Å². The second-order valence-corrected chi connectivity index (χ2v) is 6.18. The number of aromatic nitrogens is 2. The van der Waals surface area contributed by atoms with Crippen molar-refractivity contribution in [3.63, 3.8) is 0 Å². The van der Waals surface area contributed by atoms with Crippen molar-refractivity contribution in [3.8, 4) is 5.88 Å². The predicted octanol–water partition coefficient (Wildman–Crippen LogP) is 2.50. The lowest BCUT2D eigenvalue weighted by Crippen LogP contribution is -2.51. The molecule has 7 nitrogen and oxygen atoms in total. The van der Waals surface area contributed by atoms with Gasteiger partial charge in [-0.25, -0.2) is 9.97 Å². The summed E-state index contributed by atoms with van der Waals surface area (Å²) in [5, 5.41) is 3.04. The zero-order valence-electron chi connectivity index (χ0n) is 14.3. The standard InChI is InChI=1S/C19H19N3O4/c1-12-21-14-6-5-13(10-16(14)25-12)19(23)22-15-7-9-24-11-17(15)26-18-4-2-3-8-20-18/h2-6,8,10,15,17H,7,9,11H2,1H3,(H,22,23). The van der Waals surface area contributed by atoms with Crippen molar-refractivity contribution in [2.24, 2.45) is 0 Å². The number of nitrogens with one attached hydrogen (secondary N) is 1. The molecule has 2 aromatic heterocycles. The van der Waals surface area contributed by atoms with Gasteiger partial charge in [0.15, 0.2) is 11.5 Å². The van der Waals surface area contributed by atoms with Gasteiger partial charge in [0.05, 0.1) is 12.6 Å². The summed E-state index contributed by atoms with van der Waals surface area (Å²) < 4.78 is 16.9. The fraction of sp³-hybridized carbons (Fsp3) is 0.316. The number of carbonyl (C=O) groups is 1. The van der Waals surface area contributed by atoms with Crippen LogP contribution in [0, 0.1) is 6.92 Å². The lowest BCUT2D eigenvalue weighted by molar-refractivity contribution is -0.0152. The van der Waals surface area contributed by atoms with E-state index in [4.69, 9.17) is 13.9 Å². The number of pyridine rings is 1. The summed E-state index contributed by atoms with van der Waals surface area (Å²) >= 11 is 0. The Balaban J connectivity index is 1.48. The number of aryl methyl sites for hydroxylation is 1. The number of ether oxygens (including phenoxy) is 2. The van der Waals surface area contributed by atoms with E-state index in [0.717, 1.165) is 5.52 Å². The van der Waals surface area contributed by atoms with Crippen molar-refractivity contribution in [2.75, 3.05) is 13.2 Å². The van der Waals surface area contributed by atoms with Crippen LogP contribution in [-0.2, 0) is 4.74 Å². The minimum atomic E-state index is -0.293. The molecule has 0 radical (unpaired) electrons. The van der Waals surface area contributed by atoms with Gasteiger partial charge >= 0.3 is 0 Å². The Morgan fingerprint density at radius 1 is 1.31 bits per heavy atom. The van der Waals surface area contributed by atoms with E-state index in [2.05, 4.69) is 15.3 Å². The summed E-state index contributed by atoms with van der Waals surface area (Å²) in [7, 11) is 0. The summed E-state index contributed by atoms with van der Waals surface area (Å²) in [5.41, 5.74) is 1.86. The molecule has 1 fully saturated rings. The number of oxazole rings is 1. The maximum absolute atomic E-state index is 12.7. The van der Waals surface area contributed by atoms with Gasteiger partial charge in [-0.3, -0.25) is 4.79 Å². The summed E-state index contributed by atoms with van der Waals surface area (Å²) in [6, 6.07) is 10.5. The van der Waals surface area contributed by atoms with E-state index >= 15 is 0 Å². The fourth-order valence-electron chi connectivity index (χ4n) is 3.00. The molecular formula is C19H19N3O4. The van der Waals surface area contributed by atoms with Gasteiger partial charge in [-0.15, -0.1) is 0 Å². The summed E-state index contributed by atoms with van der Waals surface area (Å²) in [4.78, 5) is 21.1. The average molecular weight is 353 g/mol. The molecule has 1 amide bonds. The molecule has 134 valence electrons. The minimum absolute atomic E-state index is 0.162. The Hall–Kier alpha value is -2.93. The van der Waals surface area contributed by atoms with Crippen LogP contribution in [0.1, 0.15) is 22.7 Å². The Labute approximate surface area is 150 Å². The van der Waals surface area contributed by atoms with E-state index in [1.54, 1.807) is 37.4 Å². The normalized spacial score (nSPS) is 20.0. The van der Waals surface area contributed by atoms with Crippen molar-refractivity contribution in [1.82, 2.24) is 15.3 Å². The fourth-order valence-corrected chi connectivity index (χ4v) is 3.00. The first kappa shape index (κ1) is 16.5. The monoisotopic (exact) mass is 353 g/mol. The van der Waals surface area contributed by atoms with Crippen LogP contribution in [0.25, 0.3) is 11.1 Å². The quantitative estimate of drug-likeness (QED) is 0.775. The number of amides is 1. The van der Waals surface area contributed by atoms with Crippen LogP contribution in [0.2, 0.25) is 0 Å². The van der Waals surface area contributed by atoms with Gasteiger partial charge in [-0.1, -0.05) is 6.07 Å². The van der Waals surface area contributed by atoms with Crippen LogP contribution in [0.15, 0.2) is 47.0 Å². The molecule has 1 aliphatic heterocycles. The first-order valence-electron chi connectivity index (χ1n) is 8.52. The largest absolute Gasteiger partial charge is 0.470 e. The molecule has 26 heavy (non-hydrogen) atoms. The molecule has 0 aliphatic carbocycles. The van der Waals surface area contributed by atoms with Crippen LogP contribution < -0.4 is 10.1 Å². The van der Waals surface area contributed by atoms with E-state index in [1.807, 2.05) is 12.1 Å². The summed E-state index contributed by atoms with van der Waals surface area (Å²) in [5.74, 6) is 0.911. The highest BCUT2D eigenvalue weighted by molar-refractivity contribution is 5.97. The maximum Gasteiger partial charge on any atom is 0.251 e.